The molecule has 1 aliphatic rings. The van der Waals surface area contributed by atoms with Crippen molar-refractivity contribution in [3.05, 3.63) is 66.2 Å². The number of imide groups is 1. The van der Waals surface area contributed by atoms with Gasteiger partial charge in [-0.2, -0.15) is 0 Å². The molecule has 0 aromatic heterocycles. The molecule has 1 N–H and O–H groups in total. The van der Waals surface area contributed by atoms with Gasteiger partial charge >= 0.3 is 6.03 Å². The molecule has 0 saturated carbocycles. The van der Waals surface area contributed by atoms with E-state index in [2.05, 4.69) is 5.32 Å². The summed E-state index contributed by atoms with van der Waals surface area (Å²) in [5.74, 6) is -0.573. The molecule has 2 aromatic carbocycles. The number of carbonyl (C=O) groups excluding carboxylic acids is 3. The first-order valence-electron chi connectivity index (χ1n) is 9.00. The van der Waals surface area contributed by atoms with Crippen molar-refractivity contribution < 1.29 is 14.4 Å². The highest BCUT2D eigenvalue weighted by Crippen LogP contribution is 2.25. The molecule has 0 spiro atoms. The molecule has 1 fully saturated rings. The quantitative estimate of drug-likeness (QED) is 0.801. The summed E-state index contributed by atoms with van der Waals surface area (Å²) in [5, 5.41) is 2.81. The summed E-state index contributed by atoms with van der Waals surface area (Å²) >= 11 is 0. The monoisotopic (exact) mass is 365 g/mol. The second-order valence-corrected chi connectivity index (χ2v) is 6.70. The molecule has 2 aromatic rings. The van der Waals surface area contributed by atoms with Gasteiger partial charge in [0.2, 0.25) is 5.91 Å². The Bertz CT molecular complexity index is 823. The Morgan fingerprint density at radius 1 is 1.04 bits per heavy atom. The van der Waals surface area contributed by atoms with E-state index in [9.17, 15) is 14.4 Å². The zero-order valence-electron chi connectivity index (χ0n) is 15.5. The average molecular weight is 365 g/mol. The first-order chi connectivity index (χ1) is 13.0. The number of rotatable bonds is 6. The van der Waals surface area contributed by atoms with E-state index >= 15 is 0 Å². The summed E-state index contributed by atoms with van der Waals surface area (Å²) < 4.78 is 0. The van der Waals surface area contributed by atoms with E-state index < -0.39 is 12.1 Å². The zero-order valence-corrected chi connectivity index (χ0v) is 15.5. The van der Waals surface area contributed by atoms with Gasteiger partial charge < -0.3 is 5.32 Å². The minimum atomic E-state index is -0.629. The van der Waals surface area contributed by atoms with E-state index in [0.717, 1.165) is 10.5 Å². The molecule has 3 rings (SSSR count). The second-order valence-electron chi connectivity index (χ2n) is 6.70. The Hall–Kier alpha value is -3.15. The molecule has 0 unspecified atom stereocenters. The van der Waals surface area contributed by atoms with Gasteiger partial charge in [0.25, 0.3) is 5.91 Å². The molecule has 0 bridgehead atoms. The summed E-state index contributed by atoms with van der Waals surface area (Å²) in [6.07, 6.45) is 0. The maximum atomic E-state index is 12.7. The fraction of sp³-hybridized carbons (Fsp3) is 0.286. The fourth-order valence-corrected chi connectivity index (χ4v) is 3.16. The van der Waals surface area contributed by atoms with Crippen molar-refractivity contribution in [3.63, 3.8) is 0 Å². The molecule has 1 heterocycles. The highest BCUT2D eigenvalue weighted by atomic mass is 16.2. The maximum absolute atomic E-state index is 12.7. The van der Waals surface area contributed by atoms with Crippen LogP contribution in [-0.4, -0.2) is 41.9 Å². The molecule has 0 radical (unpaired) electrons. The third-order valence-electron chi connectivity index (χ3n) is 4.76. The van der Waals surface area contributed by atoms with Crippen LogP contribution < -0.4 is 10.2 Å². The van der Waals surface area contributed by atoms with Crippen LogP contribution >= 0.6 is 0 Å². The van der Waals surface area contributed by atoms with Gasteiger partial charge in [0, 0.05) is 12.2 Å². The lowest BCUT2D eigenvalue weighted by Gasteiger charge is -2.19. The summed E-state index contributed by atoms with van der Waals surface area (Å²) in [6, 6.07) is 17.8. The summed E-state index contributed by atoms with van der Waals surface area (Å²) in [6.45, 7) is 3.85. The number of para-hydroxylation sites is 1. The molecule has 1 saturated heterocycles. The Labute approximate surface area is 158 Å². The van der Waals surface area contributed by atoms with E-state index in [4.69, 9.17) is 0 Å². The number of amides is 4. The predicted molar refractivity (Wildman–Crippen MR) is 103 cm³/mol. The average Bonchev–Trinajstić information content (AvgIpc) is 2.90. The van der Waals surface area contributed by atoms with Crippen molar-refractivity contribution in [3.8, 4) is 0 Å². The number of nitrogens with one attached hydrogen (secondary N) is 1. The molecule has 4 amide bonds. The van der Waals surface area contributed by atoms with Crippen molar-refractivity contribution in [1.82, 2.24) is 10.2 Å². The Balaban J connectivity index is 1.60. The SMILES string of the molecule is C[C@H](CNC(=O)CN1C(=O)[C@H](C)N(c2ccccc2)C1=O)c1ccccc1. The normalized spacial score (nSPS) is 17.9. The lowest BCUT2D eigenvalue weighted by Crippen LogP contribution is -2.42. The van der Waals surface area contributed by atoms with E-state index in [0.29, 0.717) is 12.2 Å². The van der Waals surface area contributed by atoms with Gasteiger partial charge in [-0.15, -0.1) is 0 Å². The highest BCUT2D eigenvalue weighted by molar-refractivity contribution is 6.15. The van der Waals surface area contributed by atoms with Gasteiger partial charge in [-0.05, 0) is 30.5 Å². The molecule has 27 heavy (non-hydrogen) atoms. The first kappa shape index (κ1) is 18.6. The van der Waals surface area contributed by atoms with Crippen LogP contribution in [0.25, 0.3) is 0 Å². The molecular weight excluding hydrogens is 342 g/mol. The van der Waals surface area contributed by atoms with E-state index in [-0.39, 0.29) is 24.3 Å². The van der Waals surface area contributed by atoms with E-state index in [1.54, 1.807) is 31.2 Å². The Kier molecular flexibility index (Phi) is 5.54. The predicted octanol–water partition coefficient (Wildman–Crippen LogP) is 2.76. The minimum absolute atomic E-state index is 0.139. The second kappa shape index (κ2) is 8.03. The van der Waals surface area contributed by atoms with Crippen molar-refractivity contribution in [2.24, 2.45) is 0 Å². The molecule has 6 nitrogen and oxygen atoms in total. The summed E-state index contributed by atoms with van der Waals surface area (Å²) in [5.41, 5.74) is 1.76. The summed E-state index contributed by atoms with van der Waals surface area (Å²) in [7, 11) is 0. The van der Waals surface area contributed by atoms with Gasteiger partial charge in [-0.3, -0.25) is 19.4 Å². The van der Waals surface area contributed by atoms with E-state index in [1.165, 1.54) is 4.90 Å². The van der Waals surface area contributed by atoms with Crippen molar-refractivity contribution in [2.75, 3.05) is 18.0 Å². The van der Waals surface area contributed by atoms with Crippen LogP contribution in [-0.2, 0) is 9.59 Å². The minimum Gasteiger partial charge on any atom is -0.354 e. The third-order valence-corrected chi connectivity index (χ3v) is 4.76. The van der Waals surface area contributed by atoms with Gasteiger partial charge in [0.05, 0.1) is 0 Å². The van der Waals surface area contributed by atoms with Crippen LogP contribution in [0.3, 0.4) is 0 Å². The number of hydrogen-bond acceptors (Lipinski definition) is 3. The first-order valence-corrected chi connectivity index (χ1v) is 9.00. The van der Waals surface area contributed by atoms with Crippen molar-refractivity contribution in [1.29, 1.82) is 0 Å². The largest absolute Gasteiger partial charge is 0.354 e. The van der Waals surface area contributed by atoms with Crippen molar-refractivity contribution >= 4 is 23.5 Å². The van der Waals surface area contributed by atoms with Gasteiger partial charge in [0.1, 0.15) is 12.6 Å². The fourth-order valence-electron chi connectivity index (χ4n) is 3.16. The highest BCUT2D eigenvalue weighted by Gasteiger charge is 2.43. The van der Waals surface area contributed by atoms with Crippen LogP contribution in [0.4, 0.5) is 10.5 Å². The van der Waals surface area contributed by atoms with Gasteiger partial charge in [-0.1, -0.05) is 55.5 Å². The Morgan fingerprint density at radius 2 is 1.63 bits per heavy atom. The molecule has 1 aliphatic heterocycles. The van der Waals surface area contributed by atoms with Gasteiger partial charge in [-0.25, -0.2) is 4.79 Å². The number of anilines is 1. The van der Waals surface area contributed by atoms with E-state index in [1.807, 2.05) is 43.3 Å². The molecule has 0 aliphatic carbocycles. The lowest BCUT2D eigenvalue weighted by atomic mass is 10.0. The van der Waals surface area contributed by atoms with Crippen LogP contribution in [0.2, 0.25) is 0 Å². The molecule has 2 atom stereocenters. The number of urea groups is 1. The molecule has 6 heteroatoms. The number of hydrogen-bond donors (Lipinski definition) is 1. The number of carbonyl (C=O) groups is 3. The maximum Gasteiger partial charge on any atom is 0.332 e. The van der Waals surface area contributed by atoms with Crippen LogP contribution in [0.5, 0.6) is 0 Å². The van der Waals surface area contributed by atoms with Gasteiger partial charge in [0.15, 0.2) is 0 Å². The van der Waals surface area contributed by atoms with Crippen molar-refractivity contribution in [2.45, 2.75) is 25.8 Å². The Morgan fingerprint density at radius 3 is 2.26 bits per heavy atom. The smallest absolute Gasteiger partial charge is 0.332 e. The third kappa shape index (κ3) is 4.00. The topological polar surface area (TPSA) is 69.7 Å². The standard InChI is InChI=1S/C21H23N3O3/c1-15(17-9-5-3-6-10-17)13-22-19(25)14-23-20(26)16(2)24(21(23)27)18-11-7-4-8-12-18/h3-12,15-16H,13-14H2,1-2H3,(H,22,25)/t15-,16+/m1/s1. The van der Waals surface area contributed by atoms with Crippen LogP contribution in [0.15, 0.2) is 60.7 Å². The summed E-state index contributed by atoms with van der Waals surface area (Å²) in [4.78, 5) is 39.9. The number of benzene rings is 2. The van der Waals surface area contributed by atoms with Crippen LogP contribution in [0.1, 0.15) is 25.3 Å². The number of nitrogens with zero attached hydrogens (tertiary/aromatic N) is 2. The molecule has 140 valence electrons. The van der Waals surface area contributed by atoms with Crippen LogP contribution in [0, 0.1) is 0 Å². The molecular formula is C21H23N3O3. The lowest BCUT2D eigenvalue weighted by molar-refractivity contribution is -0.131. The zero-order chi connectivity index (χ0) is 19.4.